The second kappa shape index (κ2) is 17.8. The van der Waals surface area contributed by atoms with Crippen molar-refractivity contribution in [3.8, 4) is 11.4 Å². The molecule has 2 aromatic carbocycles. The summed E-state index contributed by atoms with van der Waals surface area (Å²) in [5.74, 6) is -5.86. The SMILES string of the molecule is CC[C@@]1(O)C(=O)OCc2c1cc1n(c2=O)Cc2c-1nc1cc(F)c(C)c3c1c2[C@@H](NN(CC=O)C(=O)[C@H](Cc1ccccc1)NC(=O)CNC(=O)CNC(=O)C[C@H](N)C(=O)O)CC3. The second-order valence-electron chi connectivity index (χ2n) is 15.7. The summed E-state index contributed by atoms with van der Waals surface area (Å²) in [5, 5.41) is 29.2. The summed E-state index contributed by atoms with van der Waals surface area (Å²) in [6.07, 6.45) is 0.470. The molecule has 20 heteroatoms. The van der Waals surface area contributed by atoms with Crippen LogP contribution in [0.3, 0.4) is 0 Å². The molecule has 63 heavy (non-hydrogen) atoms. The maximum Gasteiger partial charge on any atom is 0.343 e. The van der Waals surface area contributed by atoms with Crippen LogP contribution >= 0.6 is 0 Å². The van der Waals surface area contributed by atoms with E-state index in [4.69, 9.17) is 20.6 Å². The van der Waals surface area contributed by atoms with Crippen molar-refractivity contribution in [2.75, 3.05) is 19.6 Å². The lowest BCUT2D eigenvalue weighted by molar-refractivity contribution is -0.172. The zero-order valence-corrected chi connectivity index (χ0v) is 34.3. The molecular formula is C43H45FN8O11. The number of pyridine rings is 2. The predicted octanol–water partition coefficient (Wildman–Crippen LogP) is -0.192. The lowest BCUT2D eigenvalue weighted by Crippen LogP contribution is -2.56. The molecule has 0 saturated carbocycles. The van der Waals surface area contributed by atoms with Crippen LogP contribution < -0.4 is 32.7 Å². The largest absolute Gasteiger partial charge is 0.480 e. The van der Waals surface area contributed by atoms with Gasteiger partial charge in [-0.2, -0.15) is 0 Å². The molecule has 3 aliphatic rings. The van der Waals surface area contributed by atoms with Crippen LogP contribution in [0.2, 0.25) is 0 Å². The Morgan fingerprint density at radius 2 is 1.78 bits per heavy atom. The number of amides is 4. The van der Waals surface area contributed by atoms with Crippen LogP contribution in [0.1, 0.15) is 71.2 Å². The number of aldehydes is 1. The van der Waals surface area contributed by atoms with Crippen molar-refractivity contribution in [1.29, 1.82) is 0 Å². The van der Waals surface area contributed by atoms with Gasteiger partial charge in [0.05, 0.1) is 61.1 Å². The average molecular weight is 869 g/mol. The third-order valence-corrected chi connectivity index (χ3v) is 11.7. The number of hydrogen-bond acceptors (Lipinski definition) is 13. The smallest absolute Gasteiger partial charge is 0.343 e. The van der Waals surface area contributed by atoms with Gasteiger partial charge < -0.3 is 46.0 Å². The number of aryl methyl sites for hydroxylation is 1. The third-order valence-electron chi connectivity index (χ3n) is 11.7. The van der Waals surface area contributed by atoms with Gasteiger partial charge in [0.2, 0.25) is 17.7 Å². The second-order valence-corrected chi connectivity index (χ2v) is 15.7. The van der Waals surface area contributed by atoms with Gasteiger partial charge in [-0.15, -0.1) is 0 Å². The number of carboxylic acid groups (broad SMARTS) is 1. The van der Waals surface area contributed by atoms with Crippen LogP contribution in [0.25, 0.3) is 22.3 Å². The molecule has 2 aromatic heterocycles. The van der Waals surface area contributed by atoms with E-state index in [9.17, 15) is 43.5 Å². The lowest BCUT2D eigenvalue weighted by atomic mass is 9.82. The Balaban J connectivity index is 1.19. The normalized spacial score (nSPS) is 17.9. The first kappa shape index (κ1) is 44.2. The molecule has 2 aliphatic heterocycles. The number of carbonyl (C=O) groups is 7. The highest BCUT2D eigenvalue weighted by atomic mass is 19.1. The number of carbonyl (C=O) groups excluding carboxylic acids is 6. The van der Waals surface area contributed by atoms with E-state index in [1.165, 1.54) is 10.6 Å². The highest BCUT2D eigenvalue weighted by molar-refractivity contribution is 5.95. The van der Waals surface area contributed by atoms with Gasteiger partial charge in [0, 0.05) is 29.0 Å². The number of rotatable bonds is 16. The first-order valence-corrected chi connectivity index (χ1v) is 20.2. The number of nitrogens with one attached hydrogen (secondary N) is 4. The Hall–Kier alpha value is -6.90. The molecule has 4 atom stereocenters. The number of fused-ring (bicyclic) bond motifs is 5. The Kier molecular flexibility index (Phi) is 12.5. The number of hydrogen-bond donors (Lipinski definition) is 7. The van der Waals surface area contributed by atoms with Gasteiger partial charge in [0.15, 0.2) is 5.60 Å². The Morgan fingerprint density at radius 1 is 1.06 bits per heavy atom. The molecule has 0 radical (unpaired) electrons. The standard InChI is InChI=1S/C43H45FN8O11/c1-3-43(62)26-14-32-38-24(19-51(32)39(57)25(26)20-63-42(43)61)37-29(10-9-23-21(2)27(44)15-30(49-38)36(23)37)50-52(11-12-53)40(58)31(13-22-7-5-4-6-8-22)48-35(56)18-47-34(55)17-46-33(54)16-28(45)41(59)60/h4-8,12,14-15,28-29,31,50,62H,3,9-11,13,16-20,45H2,1-2H3,(H,46,54)(H,47,55)(H,48,56)(H,59,60)/t28-,29-,31-,43-/m0/s1. The molecule has 0 unspecified atom stereocenters. The molecule has 4 amide bonds. The third kappa shape index (κ3) is 8.51. The van der Waals surface area contributed by atoms with E-state index >= 15 is 4.39 Å². The van der Waals surface area contributed by atoms with Crippen molar-refractivity contribution in [3.63, 3.8) is 0 Å². The molecule has 330 valence electrons. The molecule has 0 spiro atoms. The maximum absolute atomic E-state index is 15.5. The summed E-state index contributed by atoms with van der Waals surface area (Å²) in [6.45, 7) is 1.24. The monoisotopic (exact) mass is 868 g/mol. The number of hydrazine groups is 1. The average Bonchev–Trinajstić information content (AvgIpc) is 3.64. The summed E-state index contributed by atoms with van der Waals surface area (Å²) in [4.78, 5) is 107. The number of carboxylic acids is 1. The number of aliphatic carboxylic acids is 1. The fourth-order valence-electron chi connectivity index (χ4n) is 8.42. The first-order chi connectivity index (χ1) is 30.1. The van der Waals surface area contributed by atoms with E-state index < -0.39 is 96.7 Å². The van der Waals surface area contributed by atoms with E-state index in [0.717, 1.165) is 5.01 Å². The van der Waals surface area contributed by atoms with Gasteiger partial charge in [0.25, 0.3) is 11.5 Å². The number of halogens is 1. The zero-order chi connectivity index (χ0) is 45.3. The van der Waals surface area contributed by atoms with Crippen LogP contribution in [-0.4, -0.2) is 98.3 Å². The number of ether oxygens (including phenoxy) is 1. The van der Waals surface area contributed by atoms with Gasteiger partial charge in [-0.3, -0.25) is 33.8 Å². The van der Waals surface area contributed by atoms with E-state index in [0.29, 0.717) is 63.7 Å². The maximum atomic E-state index is 15.5. The van der Waals surface area contributed by atoms with Gasteiger partial charge in [-0.25, -0.2) is 19.6 Å². The van der Waals surface area contributed by atoms with Crippen molar-refractivity contribution in [1.82, 2.24) is 35.9 Å². The molecule has 0 bridgehead atoms. The summed E-state index contributed by atoms with van der Waals surface area (Å²) in [6, 6.07) is 8.08. The molecule has 0 fully saturated rings. The summed E-state index contributed by atoms with van der Waals surface area (Å²) < 4.78 is 22.2. The minimum atomic E-state index is -2.08. The number of aliphatic hydroxyl groups is 1. The molecule has 4 heterocycles. The van der Waals surface area contributed by atoms with Crippen LogP contribution in [0.15, 0.2) is 47.3 Å². The molecular weight excluding hydrogens is 824 g/mol. The lowest BCUT2D eigenvalue weighted by Gasteiger charge is -2.35. The molecule has 4 aromatic rings. The van der Waals surface area contributed by atoms with Gasteiger partial charge >= 0.3 is 11.9 Å². The Bertz CT molecular complexity index is 2640. The minimum Gasteiger partial charge on any atom is -0.480 e. The van der Waals surface area contributed by atoms with E-state index in [1.807, 2.05) is 0 Å². The highest BCUT2D eigenvalue weighted by Gasteiger charge is 2.46. The fraction of sp³-hybridized carbons (Fsp3) is 0.372. The van der Waals surface area contributed by atoms with E-state index in [2.05, 4.69) is 21.4 Å². The number of esters is 1. The molecule has 1 aliphatic carbocycles. The van der Waals surface area contributed by atoms with Crippen LogP contribution in [0.5, 0.6) is 0 Å². The Labute approximate surface area is 358 Å². The Morgan fingerprint density at radius 3 is 2.48 bits per heavy atom. The summed E-state index contributed by atoms with van der Waals surface area (Å²) >= 11 is 0. The van der Waals surface area contributed by atoms with Crippen molar-refractivity contribution in [2.24, 2.45) is 5.73 Å². The minimum absolute atomic E-state index is 0.00118. The number of benzene rings is 2. The molecule has 19 nitrogen and oxygen atoms in total. The van der Waals surface area contributed by atoms with Crippen molar-refractivity contribution in [3.05, 3.63) is 97.6 Å². The highest BCUT2D eigenvalue weighted by Crippen LogP contribution is 2.46. The zero-order valence-electron chi connectivity index (χ0n) is 34.3. The van der Waals surface area contributed by atoms with Crippen molar-refractivity contribution >= 4 is 52.8 Å². The fourth-order valence-corrected chi connectivity index (χ4v) is 8.42. The van der Waals surface area contributed by atoms with Crippen molar-refractivity contribution < 1.29 is 52.9 Å². The molecule has 0 saturated heterocycles. The van der Waals surface area contributed by atoms with Gasteiger partial charge in [-0.05, 0) is 54.5 Å². The molecule has 8 N–H and O–H groups in total. The van der Waals surface area contributed by atoms with Crippen LogP contribution in [-0.2, 0) is 69.9 Å². The predicted molar refractivity (Wildman–Crippen MR) is 220 cm³/mol. The van der Waals surface area contributed by atoms with Gasteiger partial charge in [0.1, 0.15) is 30.8 Å². The quantitative estimate of drug-likeness (QED) is 0.0385. The van der Waals surface area contributed by atoms with Gasteiger partial charge in [-0.1, -0.05) is 37.3 Å². The van der Waals surface area contributed by atoms with E-state index in [-0.39, 0.29) is 42.6 Å². The first-order valence-electron chi connectivity index (χ1n) is 20.2. The number of nitrogens with two attached hydrogens (primary N) is 1. The van der Waals surface area contributed by atoms with Crippen molar-refractivity contribution in [2.45, 2.75) is 82.8 Å². The summed E-state index contributed by atoms with van der Waals surface area (Å²) in [7, 11) is 0. The number of cyclic esters (lactones) is 1. The number of aromatic nitrogens is 2. The van der Waals surface area contributed by atoms with Crippen LogP contribution in [0, 0.1) is 12.7 Å². The topological polar surface area (TPSA) is 281 Å². The number of nitrogens with zero attached hydrogens (tertiary/aromatic N) is 3. The van der Waals surface area contributed by atoms with Crippen LogP contribution in [0.4, 0.5) is 4.39 Å². The summed E-state index contributed by atoms with van der Waals surface area (Å²) in [5.41, 5.74) is 9.99. The van der Waals surface area contributed by atoms with E-state index in [1.54, 1.807) is 50.2 Å². The molecule has 7 rings (SSSR count).